The van der Waals surface area contributed by atoms with Gasteiger partial charge in [-0.15, -0.1) is 0 Å². The molecule has 4 heteroatoms. The molecule has 0 aliphatic rings. The maximum Gasteiger partial charge on any atom is 0.262 e. The second-order valence-corrected chi connectivity index (χ2v) is 5.06. The van der Waals surface area contributed by atoms with E-state index in [1.807, 2.05) is 74.4 Å². The van der Waals surface area contributed by atoms with E-state index in [1.54, 1.807) is 0 Å². The predicted molar refractivity (Wildman–Crippen MR) is 86.1 cm³/mol. The van der Waals surface area contributed by atoms with Crippen LogP contribution in [-0.4, -0.2) is 26.6 Å². The van der Waals surface area contributed by atoms with Gasteiger partial charge in [0.15, 0.2) is 6.61 Å². The van der Waals surface area contributed by atoms with Gasteiger partial charge in [-0.05, 0) is 31.2 Å². The van der Waals surface area contributed by atoms with Crippen LogP contribution in [0.5, 0.6) is 5.75 Å². The van der Waals surface area contributed by atoms with E-state index in [9.17, 15) is 4.79 Å². The first kappa shape index (κ1) is 14.9. The Morgan fingerprint density at radius 3 is 2.43 bits per heavy atom. The fraction of sp³-hybridized carbons (Fsp3) is 0.235. The second-order valence-electron chi connectivity index (χ2n) is 5.06. The molecule has 0 bridgehead atoms. The molecule has 0 saturated heterocycles. The number of amides is 1. The summed E-state index contributed by atoms with van der Waals surface area (Å²) in [7, 11) is 3.88. The van der Waals surface area contributed by atoms with Gasteiger partial charge >= 0.3 is 0 Å². The zero-order chi connectivity index (χ0) is 15.2. The van der Waals surface area contributed by atoms with Gasteiger partial charge < -0.3 is 15.0 Å². The standard InChI is InChI=1S/C17H20N2O2/c1-13-8-10-14(11-9-13)21-12-17(20)18-15-6-4-5-7-16(15)19(2)3/h4-11H,12H2,1-3H3,(H,18,20). The number of carbonyl (C=O) groups is 1. The molecule has 21 heavy (non-hydrogen) atoms. The van der Waals surface area contributed by atoms with Crippen molar-refractivity contribution in [2.75, 3.05) is 30.9 Å². The minimum atomic E-state index is -0.176. The summed E-state index contributed by atoms with van der Waals surface area (Å²) in [6, 6.07) is 15.3. The number of para-hydroxylation sites is 2. The molecule has 2 rings (SSSR count). The molecule has 1 N–H and O–H groups in total. The van der Waals surface area contributed by atoms with Gasteiger partial charge in [0.2, 0.25) is 0 Å². The van der Waals surface area contributed by atoms with Crippen LogP contribution in [0.2, 0.25) is 0 Å². The maximum absolute atomic E-state index is 12.0. The average Bonchev–Trinajstić information content (AvgIpc) is 2.47. The fourth-order valence-electron chi connectivity index (χ4n) is 1.94. The van der Waals surface area contributed by atoms with Crippen LogP contribution in [-0.2, 0) is 4.79 Å². The van der Waals surface area contributed by atoms with Crippen molar-refractivity contribution in [3.8, 4) is 5.75 Å². The molecule has 0 radical (unpaired) electrons. The van der Waals surface area contributed by atoms with Gasteiger partial charge in [-0.25, -0.2) is 0 Å². The highest BCUT2D eigenvalue weighted by Gasteiger charge is 2.08. The monoisotopic (exact) mass is 284 g/mol. The van der Waals surface area contributed by atoms with Crippen LogP contribution in [0.15, 0.2) is 48.5 Å². The molecule has 0 saturated carbocycles. The van der Waals surface area contributed by atoms with Gasteiger partial charge in [-0.2, -0.15) is 0 Å². The van der Waals surface area contributed by atoms with Crippen molar-refractivity contribution in [2.24, 2.45) is 0 Å². The van der Waals surface area contributed by atoms with Crippen LogP contribution in [0, 0.1) is 6.92 Å². The van der Waals surface area contributed by atoms with Crippen LogP contribution in [0.4, 0.5) is 11.4 Å². The third kappa shape index (κ3) is 4.24. The molecule has 0 heterocycles. The minimum absolute atomic E-state index is 0.00910. The lowest BCUT2D eigenvalue weighted by Crippen LogP contribution is -2.22. The molecule has 0 aromatic heterocycles. The number of rotatable bonds is 5. The van der Waals surface area contributed by atoms with Gasteiger partial charge in [0.25, 0.3) is 5.91 Å². The summed E-state index contributed by atoms with van der Waals surface area (Å²) in [6.45, 7) is 2.00. The van der Waals surface area contributed by atoms with Gasteiger partial charge in [-0.3, -0.25) is 4.79 Å². The first-order chi connectivity index (χ1) is 10.1. The van der Waals surface area contributed by atoms with Crippen molar-refractivity contribution in [2.45, 2.75) is 6.92 Å². The Kier molecular flexibility index (Phi) is 4.82. The molecule has 0 fully saturated rings. The number of benzene rings is 2. The van der Waals surface area contributed by atoms with Crippen molar-refractivity contribution >= 4 is 17.3 Å². The number of hydrogen-bond donors (Lipinski definition) is 1. The second kappa shape index (κ2) is 6.79. The quantitative estimate of drug-likeness (QED) is 0.917. The summed E-state index contributed by atoms with van der Waals surface area (Å²) in [5, 5.41) is 2.87. The van der Waals surface area contributed by atoms with Gasteiger partial charge in [0.1, 0.15) is 5.75 Å². The third-order valence-corrected chi connectivity index (χ3v) is 3.05. The minimum Gasteiger partial charge on any atom is -0.484 e. The molecule has 0 aliphatic carbocycles. The van der Waals surface area contributed by atoms with E-state index >= 15 is 0 Å². The Hall–Kier alpha value is -2.49. The van der Waals surface area contributed by atoms with Crippen molar-refractivity contribution in [1.82, 2.24) is 0 Å². The Labute approximate surface area is 125 Å². The molecule has 0 atom stereocenters. The van der Waals surface area contributed by atoms with Crippen molar-refractivity contribution in [3.63, 3.8) is 0 Å². The molecule has 4 nitrogen and oxygen atoms in total. The molecule has 110 valence electrons. The molecule has 0 unspecified atom stereocenters. The Morgan fingerprint density at radius 2 is 1.76 bits per heavy atom. The average molecular weight is 284 g/mol. The van der Waals surface area contributed by atoms with E-state index in [-0.39, 0.29) is 12.5 Å². The van der Waals surface area contributed by atoms with E-state index in [0.717, 1.165) is 16.9 Å². The number of nitrogens with zero attached hydrogens (tertiary/aromatic N) is 1. The zero-order valence-electron chi connectivity index (χ0n) is 12.6. The third-order valence-electron chi connectivity index (χ3n) is 3.05. The van der Waals surface area contributed by atoms with E-state index in [0.29, 0.717) is 5.75 Å². The first-order valence-electron chi connectivity index (χ1n) is 6.82. The number of ether oxygens (including phenoxy) is 1. The van der Waals surface area contributed by atoms with E-state index in [4.69, 9.17) is 4.74 Å². The van der Waals surface area contributed by atoms with E-state index in [1.165, 1.54) is 0 Å². The largest absolute Gasteiger partial charge is 0.484 e. The summed E-state index contributed by atoms with van der Waals surface area (Å²) >= 11 is 0. The molecular formula is C17H20N2O2. The highest BCUT2D eigenvalue weighted by molar-refractivity contribution is 5.95. The number of carbonyl (C=O) groups excluding carboxylic acids is 1. The van der Waals surface area contributed by atoms with Crippen LogP contribution in [0.25, 0.3) is 0 Å². The predicted octanol–water partition coefficient (Wildman–Crippen LogP) is 3.08. The van der Waals surface area contributed by atoms with E-state index < -0.39 is 0 Å². The van der Waals surface area contributed by atoms with Crippen LogP contribution in [0.3, 0.4) is 0 Å². The summed E-state index contributed by atoms with van der Waals surface area (Å²) in [6.07, 6.45) is 0. The molecule has 0 aliphatic heterocycles. The lowest BCUT2D eigenvalue weighted by Gasteiger charge is -2.17. The fourth-order valence-corrected chi connectivity index (χ4v) is 1.94. The molecule has 0 spiro atoms. The van der Waals surface area contributed by atoms with Gasteiger partial charge in [0, 0.05) is 14.1 Å². The van der Waals surface area contributed by atoms with Crippen molar-refractivity contribution < 1.29 is 9.53 Å². The van der Waals surface area contributed by atoms with Crippen molar-refractivity contribution in [3.05, 3.63) is 54.1 Å². The normalized spacial score (nSPS) is 10.0. The Bertz CT molecular complexity index is 606. The smallest absolute Gasteiger partial charge is 0.262 e. The maximum atomic E-state index is 12.0. The molecule has 2 aromatic carbocycles. The topological polar surface area (TPSA) is 41.6 Å². The zero-order valence-corrected chi connectivity index (χ0v) is 12.6. The van der Waals surface area contributed by atoms with Crippen LogP contribution < -0.4 is 15.0 Å². The van der Waals surface area contributed by atoms with Crippen molar-refractivity contribution in [1.29, 1.82) is 0 Å². The Balaban J connectivity index is 1.94. The Morgan fingerprint density at radius 1 is 1.10 bits per heavy atom. The summed E-state index contributed by atoms with van der Waals surface area (Å²) in [5.41, 5.74) is 2.90. The molecule has 2 aromatic rings. The summed E-state index contributed by atoms with van der Waals surface area (Å²) < 4.78 is 5.47. The molecule has 1 amide bonds. The SMILES string of the molecule is Cc1ccc(OCC(=O)Nc2ccccc2N(C)C)cc1. The number of nitrogens with one attached hydrogen (secondary N) is 1. The highest BCUT2D eigenvalue weighted by Crippen LogP contribution is 2.23. The number of hydrogen-bond acceptors (Lipinski definition) is 3. The van der Waals surface area contributed by atoms with Gasteiger partial charge in [-0.1, -0.05) is 29.8 Å². The molecular weight excluding hydrogens is 264 g/mol. The number of aryl methyl sites for hydroxylation is 1. The van der Waals surface area contributed by atoms with Crippen LogP contribution in [0.1, 0.15) is 5.56 Å². The van der Waals surface area contributed by atoms with Crippen LogP contribution >= 0.6 is 0 Å². The van der Waals surface area contributed by atoms with Gasteiger partial charge in [0.05, 0.1) is 11.4 Å². The number of anilines is 2. The van der Waals surface area contributed by atoms with E-state index in [2.05, 4.69) is 5.32 Å². The highest BCUT2D eigenvalue weighted by atomic mass is 16.5. The lowest BCUT2D eigenvalue weighted by atomic mass is 10.2. The lowest BCUT2D eigenvalue weighted by molar-refractivity contribution is -0.118. The summed E-state index contributed by atoms with van der Waals surface area (Å²) in [5.74, 6) is 0.515. The first-order valence-corrected chi connectivity index (χ1v) is 6.82. The summed E-state index contributed by atoms with van der Waals surface area (Å²) in [4.78, 5) is 13.9.